The van der Waals surface area contributed by atoms with E-state index in [-0.39, 0.29) is 0 Å². The summed E-state index contributed by atoms with van der Waals surface area (Å²) in [6, 6.07) is 4.51. The zero-order valence-corrected chi connectivity index (χ0v) is 16.9. The summed E-state index contributed by atoms with van der Waals surface area (Å²) in [6.07, 6.45) is 2.00. The van der Waals surface area contributed by atoms with Crippen LogP contribution in [0.5, 0.6) is 0 Å². The number of nitrogens with zero attached hydrogens (tertiary/aromatic N) is 1. The lowest BCUT2D eigenvalue weighted by atomic mass is 10.1. The van der Waals surface area contributed by atoms with Crippen LogP contribution in [-0.4, -0.2) is 4.98 Å². The van der Waals surface area contributed by atoms with Crippen molar-refractivity contribution in [3.63, 3.8) is 0 Å². The van der Waals surface area contributed by atoms with Crippen LogP contribution < -0.4 is 0 Å². The molecule has 0 radical (unpaired) electrons. The van der Waals surface area contributed by atoms with Gasteiger partial charge in [-0.1, -0.05) is 55.4 Å². The first-order chi connectivity index (χ1) is 10.2. The predicted molar refractivity (Wildman–Crippen MR) is 103 cm³/mol. The van der Waals surface area contributed by atoms with E-state index >= 15 is 0 Å². The third kappa shape index (κ3) is 5.85. The Morgan fingerprint density at radius 2 is 1.09 bits per heavy atom. The second-order valence-corrected chi connectivity index (χ2v) is 9.20. The average Bonchev–Trinajstić information content (AvgIpc) is 3.09. The van der Waals surface area contributed by atoms with E-state index in [1.54, 1.807) is 0 Å². The van der Waals surface area contributed by atoms with E-state index in [2.05, 4.69) is 72.5 Å². The van der Waals surface area contributed by atoms with Gasteiger partial charge in [0.05, 0.1) is 5.01 Å². The fourth-order valence-corrected chi connectivity index (χ4v) is 3.76. The number of rotatable bonds is 4. The maximum absolute atomic E-state index is 4.36. The third-order valence-electron chi connectivity index (χ3n) is 3.39. The molecule has 1 nitrogen and oxygen atoms in total. The third-order valence-corrected chi connectivity index (χ3v) is 6.67. The van der Waals surface area contributed by atoms with Crippen molar-refractivity contribution in [2.45, 2.75) is 79.1 Å². The molecule has 0 N–H and O–H groups in total. The van der Waals surface area contributed by atoms with Crippen molar-refractivity contribution in [3.8, 4) is 0 Å². The molecule has 0 atom stereocenters. The molecular weight excluding hydrogens is 306 g/mol. The molecule has 0 unspecified atom stereocenters. The molecular formula is C19H31NS2. The number of hydrogen-bond donors (Lipinski definition) is 0. The zero-order valence-electron chi connectivity index (χ0n) is 15.3. The van der Waals surface area contributed by atoms with Crippen LogP contribution in [0.1, 0.15) is 98.7 Å². The molecule has 0 saturated carbocycles. The first-order valence-corrected chi connectivity index (χ1v) is 9.90. The summed E-state index contributed by atoms with van der Waals surface area (Å²) >= 11 is 3.79. The van der Waals surface area contributed by atoms with Crippen LogP contribution in [0.4, 0.5) is 0 Å². The first-order valence-electron chi connectivity index (χ1n) is 8.27. The van der Waals surface area contributed by atoms with Crippen LogP contribution >= 0.6 is 22.7 Å². The smallest absolute Gasteiger partial charge is 0.0953 e. The van der Waals surface area contributed by atoms with Gasteiger partial charge < -0.3 is 0 Å². The van der Waals surface area contributed by atoms with Gasteiger partial charge in [-0.15, -0.1) is 22.7 Å². The molecule has 0 aromatic carbocycles. The summed E-state index contributed by atoms with van der Waals surface area (Å²) in [5.74, 6) is 2.58. The van der Waals surface area contributed by atoms with Crippen LogP contribution in [-0.2, 0) is 0 Å². The molecule has 0 saturated heterocycles. The van der Waals surface area contributed by atoms with Crippen molar-refractivity contribution < 1.29 is 0 Å². The standard InChI is InChI=1S/C10H16S.C9H15NS/c1-7(2)9-5-6-10(11-9)8(3)4;1-6(2)8-5-10-9(11-8)7(3)4/h5-8H,1-4H3;5-7H,1-4H3. The van der Waals surface area contributed by atoms with Crippen molar-refractivity contribution in [1.82, 2.24) is 4.98 Å². The summed E-state index contributed by atoms with van der Waals surface area (Å²) in [6.45, 7) is 17.8. The molecule has 22 heavy (non-hydrogen) atoms. The number of thiazole rings is 1. The molecule has 2 aromatic heterocycles. The van der Waals surface area contributed by atoms with E-state index < -0.39 is 0 Å². The Morgan fingerprint density at radius 1 is 0.636 bits per heavy atom. The van der Waals surface area contributed by atoms with E-state index in [0.717, 1.165) is 0 Å². The second-order valence-electron chi connectivity index (χ2n) is 6.96. The van der Waals surface area contributed by atoms with Gasteiger partial charge in [-0.05, 0) is 29.9 Å². The molecule has 0 fully saturated rings. The maximum atomic E-state index is 4.36. The van der Waals surface area contributed by atoms with Crippen LogP contribution in [0, 0.1) is 0 Å². The van der Waals surface area contributed by atoms with Crippen LogP contribution in [0.15, 0.2) is 18.3 Å². The number of aromatic nitrogens is 1. The van der Waals surface area contributed by atoms with E-state index in [4.69, 9.17) is 0 Å². The van der Waals surface area contributed by atoms with Gasteiger partial charge in [0.25, 0.3) is 0 Å². The molecule has 2 aromatic rings. The minimum atomic E-state index is 0.576. The first kappa shape index (κ1) is 19.4. The second kappa shape index (κ2) is 8.83. The maximum Gasteiger partial charge on any atom is 0.0953 e. The molecule has 2 rings (SSSR count). The zero-order chi connectivity index (χ0) is 16.9. The summed E-state index contributed by atoms with van der Waals surface area (Å²) in [5, 5.41) is 1.26. The molecule has 0 spiro atoms. The van der Waals surface area contributed by atoms with Crippen molar-refractivity contribution in [2.75, 3.05) is 0 Å². The Hall–Kier alpha value is -0.670. The van der Waals surface area contributed by atoms with Gasteiger partial charge >= 0.3 is 0 Å². The molecule has 0 amide bonds. The normalized spacial score (nSPS) is 11.5. The lowest BCUT2D eigenvalue weighted by molar-refractivity contribution is 0.850. The molecule has 0 aliphatic heterocycles. The SMILES string of the molecule is CC(C)c1ccc(C(C)C)s1.CC(C)c1cnc(C(C)C)s1. The van der Waals surface area contributed by atoms with Gasteiger partial charge in [-0.2, -0.15) is 0 Å². The van der Waals surface area contributed by atoms with Gasteiger partial charge in [0.1, 0.15) is 0 Å². The number of hydrogen-bond acceptors (Lipinski definition) is 3. The molecule has 2 heterocycles. The lowest BCUT2D eigenvalue weighted by Gasteiger charge is -2.00. The monoisotopic (exact) mass is 337 g/mol. The van der Waals surface area contributed by atoms with Crippen LogP contribution in [0.3, 0.4) is 0 Å². The summed E-state index contributed by atoms with van der Waals surface area (Å²) in [7, 11) is 0. The van der Waals surface area contributed by atoms with Crippen molar-refractivity contribution in [1.29, 1.82) is 0 Å². The van der Waals surface area contributed by atoms with Crippen LogP contribution in [0.25, 0.3) is 0 Å². The Labute approximate surface area is 144 Å². The average molecular weight is 338 g/mol. The Kier molecular flexibility index (Phi) is 7.78. The molecule has 0 bridgehead atoms. The van der Waals surface area contributed by atoms with Crippen LogP contribution in [0.2, 0.25) is 0 Å². The van der Waals surface area contributed by atoms with Gasteiger partial charge in [0.2, 0.25) is 0 Å². The van der Waals surface area contributed by atoms with Gasteiger partial charge in [0.15, 0.2) is 0 Å². The fraction of sp³-hybridized carbons (Fsp3) is 0.632. The Morgan fingerprint density at radius 3 is 1.32 bits per heavy atom. The van der Waals surface area contributed by atoms with Crippen molar-refractivity contribution in [3.05, 3.63) is 38.0 Å². The highest BCUT2D eigenvalue weighted by Crippen LogP contribution is 2.29. The largest absolute Gasteiger partial charge is 0.249 e. The van der Waals surface area contributed by atoms with Crippen molar-refractivity contribution in [2.24, 2.45) is 0 Å². The Bertz CT molecular complexity index is 452. The quantitative estimate of drug-likeness (QED) is 0.567. The molecule has 0 aliphatic carbocycles. The molecule has 124 valence electrons. The number of thiophene rings is 1. The summed E-state index contributed by atoms with van der Waals surface area (Å²) < 4.78 is 0. The molecule has 3 heteroatoms. The highest BCUT2D eigenvalue weighted by Gasteiger charge is 2.07. The highest BCUT2D eigenvalue weighted by atomic mass is 32.1. The molecule has 0 aliphatic rings. The lowest BCUT2D eigenvalue weighted by Crippen LogP contribution is -1.81. The van der Waals surface area contributed by atoms with Gasteiger partial charge in [-0.25, -0.2) is 4.98 Å². The summed E-state index contributed by atoms with van der Waals surface area (Å²) in [5.41, 5.74) is 0. The summed E-state index contributed by atoms with van der Waals surface area (Å²) in [4.78, 5) is 8.77. The van der Waals surface area contributed by atoms with E-state index in [0.29, 0.717) is 23.7 Å². The minimum absolute atomic E-state index is 0.576. The fourth-order valence-electron chi connectivity index (χ4n) is 1.82. The predicted octanol–water partition coefficient (Wildman–Crippen LogP) is 7.38. The van der Waals surface area contributed by atoms with E-state index in [1.165, 1.54) is 19.6 Å². The Balaban J connectivity index is 0.000000220. The van der Waals surface area contributed by atoms with E-state index in [9.17, 15) is 0 Å². The highest BCUT2D eigenvalue weighted by molar-refractivity contribution is 7.12. The van der Waals surface area contributed by atoms with Crippen molar-refractivity contribution >= 4 is 22.7 Å². The van der Waals surface area contributed by atoms with Gasteiger partial charge in [-0.3, -0.25) is 0 Å². The van der Waals surface area contributed by atoms with Gasteiger partial charge in [0, 0.05) is 26.7 Å². The topological polar surface area (TPSA) is 12.9 Å². The minimum Gasteiger partial charge on any atom is -0.249 e. The van der Waals surface area contributed by atoms with E-state index in [1.807, 2.05) is 28.9 Å².